The predicted octanol–water partition coefficient (Wildman–Crippen LogP) is 3.61. The van der Waals surface area contributed by atoms with Gasteiger partial charge in [0.25, 0.3) is 0 Å². The molecule has 0 bridgehead atoms. The van der Waals surface area contributed by atoms with Gasteiger partial charge in [0, 0.05) is 4.70 Å². The van der Waals surface area contributed by atoms with Crippen LogP contribution in [0.15, 0.2) is 47.8 Å². The lowest BCUT2D eigenvalue weighted by molar-refractivity contribution is -0.136. The third-order valence-corrected chi connectivity index (χ3v) is 5.69. The van der Waals surface area contributed by atoms with E-state index in [1.807, 2.05) is 17.5 Å². The number of thiophene rings is 1. The molecule has 5 nitrogen and oxygen atoms in total. The van der Waals surface area contributed by atoms with Crippen LogP contribution in [0, 0.1) is 5.82 Å². The van der Waals surface area contributed by atoms with E-state index in [4.69, 9.17) is 5.11 Å². The molecule has 0 radical (unpaired) electrons. The number of anilines is 1. The molecular formula is C17H14FNO4S2. The van der Waals surface area contributed by atoms with E-state index in [0.717, 1.165) is 22.2 Å². The summed E-state index contributed by atoms with van der Waals surface area (Å²) in [5.41, 5.74) is 0.755. The average molecular weight is 379 g/mol. The zero-order valence-electron chi connectivity index (χ0n) is 12.9. The number of hydrogen-bond acceptors (Lipinski definition) is 4. The largest absolute Gasteiger partial charge is 0.481 e. The minimum Gasteiger partial charge on any atom is -0.481 e. The van der Waals surface area contributed by atoms with Crippen LogP contribution < -0.4 is 4.72 Å². The highest BCUT2D eigenvalue weighted by Gasteiger charge is 2.16. The Bertz CT molecular complexity index is 1040. The number of benzene rings is 2. The fourth-order valence-electron chi connectivity index (χ4n) is 2.50. The molecule has 0 aliphatic carbocycles. The standard InChI is InChI=1S/C17H14FNO4S2/c18-14-2-3-15(13(8-14)9-17(20)21)19-25(22,23)10-11-1-4-16-12(7-11)5-6-24-16/h1-8,19H,9-10H2,(H,20,21). The van der Waals surface area contributed by atoms with Crippen molar-refractivity contribution in [2.45, 2.75) is 12.2 Å². The minimum atomic E-state index is -3.77. The van der Waals surface area contributed by atoms with Gasteiger partial charge >= 0.3 is 5.97 Å². The number of nitrogens with one attached hydrogen (secondary N) is 1. The molecule has 1 aromatic heterocycles. The lowest BCUT2D eigenvalue weighted by Crippen LogP contribution is -2.17. The summed E-state index contributed by atoms with van der Waals surface area (Å²) in [7, 11) is -3.77. The molecular weight excluding hydrogens is 365 g/mol. The van der Waals surface area contributed by atoms with Crippen LogP contribution in [-0.4, -0.2) is 19.5 Å². The number of rotatable bonds is 6. The Labute approximate surface area is 147 Å². The van der Waals surface area contributed by atoms with Crippen molar-refractivity contribution in [1.82, 2.24) is 0 Å². The van der Waals surface area contributed by atoms with Crippen molar-refractivity contribution in [3.8, 4) is 0 Å². The minimum absolute atomic E-state index is 0.0698. The van der Waals surface area contributed by atoms with Crippen LogP contribution in [0.2, 0.25) is 0 Å². The van der Waals surface area contributed by atoms with E-state index in [-0.39, 0.29) is 17.0 Å². The molecule has 0 unspecified atom stereocenters. The molecule has 1 heterocycles. The molecule has 2 aromatic carbocycles. The molecule has 0 aliphatic rings. The van der Waals surface area contributed by atoms with Crippen LogP contribution in [0.5, 0.6) is 0 Å². The van der Waals surface area contributed by atoms with Gasteiger partial charge in [0.05, 0.1) is 17.9 Å². The van der Waals surface area contributed by atoms with E-state index in [1.165, 1.54) is 6.07 Å². The van der Waals surface area contributed by atoms with Crippen LogP contribution >= 0.6 is 11.3 Å². The zero-order chi connectivity index (χ0) is 18.0. The Kier molecular flexibility index (Phi) is 4.73. The first-order valence-electron chi connectivity index (χ1n) is 7.29. The van der Waals surface area contributed by atoms with Gasteiger partial charge in [-0.25, -0.2) is 12.8 Å². The number of sulfonamides is 1. The Morgan fingerprint density at radius 2 is 1.96 bits per heavy atom. The first-order valence-corrected chi connectivity index (χ1v) is 9.82. The summed E-state index contributed by atoms with van der Waals surface area (Å²) in [6, 6.07) is 10.6. The molecule has 2 N–H and O–H groups in total. The number of halogens is 1. The fraction of sp³-hybridized carbons (Fsp3) is 0.118. The Morgan fingerprint density at radius 3 is 2.72 bits per heavy atom. The fourth-order valence-corrected chi connectivity index (χ4v) is 4.50. The highest BCUT2D eigenvalue weighted by molar-refractivity contribution is 7.91. The van der Waals surface area contributed by atoms with Crippen molar-refractivity contribution in [3.63, 3.8) is 0 Å². The first-order chi connectivity index (χ1) is 11.8. The van der Waals surface area contributed by atoms with Gasteiger partial charge in [0.15, 0.2) is 0 Å². The summed E-state index contributed by atoms with van der Waals surface area (Å²) in [4.78, 5) is 10.9. The zero-order valence-corrected chi connectivity index (χ0v) is 14.5. The molecule has 0 aliphatic heterocycles. The lowest BCUT2D eigenvalue weighted by atomic mass is 10.1. The Balaban J connectivity index is 1.84. The van der Waals surface area contributed by atoms with E-state index in [0.29, 0.717) is 5.56 Å². The summed E-state index contributed by atoms with van der Waals surface area (Å²) in [6.07, 6.45) is -0.476. The first kappa shape index (κ1) is 17.4. The van der Waals surface area contributed by atoms with E-state index in [9.17, 15) is 17.6 Å². The number of carbonyl (C=O) groups is 1. The number of carboxylic acid groups (broad SMARTS) is 1. The van der Waals surface area contributed by atoms with E-state index in [1.54, 1.807) is 23.5 Å². The third-order valence-electron chi connectivity index (χ3n) is 3.55. The Hall–Kier alpha value is -2.45. The molecule has 0 spiro atoms. The second-order valence-electron chi connectivity index (χ2n) is 5.53. The van der Waals surface area contributed by atoms with E-state index >= 15 is 0 Å². The van der Waals surface area contributed by atoms with E-state index < -0.39 is 28.2 Å². The van der Waals surface area contributed by atoms with Crippen LogP contribution in [-0.2, 0) is 27.0 Å². The van der Waals surface area contributed by atoms with Gasteiger partial charge in [0.1, 0.15) is 5.82 Å². The van der Waals surface area contributed by atoms with Gasteiger partial charge in [-0.05, 0) is 58.3 Å². The smallest absolute Gasteiger partial charge is 0.307 e. The topological polar surface area (TPSA) is 83.5 Å². The van der Waals surface area contributed by atoms with Crippen molar-refractivity contribution >= 4 is 43.1 Å². The second kappa shape index (κ2) is 6.81. The van der Waals surface area contributed by atoms with E-state index in [2.05, 4.69) is 4.72 Å². The molecule has 130 valence electrons. The quantitative estimate of drug-likeness (QED) is 0.685. The highest BCUT2D eigenvalue weighted by Crippen LogP contribution is 2.24. The molecule has 8 heteroatoms. The SMILES string of the molecule is O=C(O)Cc1cc(F)ccc1NS(=O)(=O)Cc1ccc2sccc2c1. The second-order valence-corrected chi connectivity index (χ2v) is 8.20. The molecule has 0 fully saturated rings. The molecule has 0 amide bonds. The summed E-state index contributed by atoms with van der Waals surface area (Å²) in [5.74, 6) is -2.06. The average Bonchev–Trinajstić information content (AvgIpc) is 2.96. The number of aliphatic carboxylic acids is 1. The summed E-state index contributed by atoms with van der Waals surface area (Å²) < 4.78 is 41.6. The van der Waals surface area contributed by atoms with Gasteiger partial charge in [0.2, 0.25) is 10.0 Å². The maximum atomic E-state index is 13.3. The monoisotopic (exact) mass is 379 g/mol. The molecule has 0 saturated heterocycles. The summed E-state index contributed by atoms with van der Waals surface area (Å²) in [5, 5.41) is 11.8. The maximum Gasteiger partial charge on any atom is 0.307 e. The van der Waals surface area contributed by atoms with Gasteiger partial charge < -0.3 is 5.11 Å². The van der Waals surface area contributed by atoms with Crippen LogP contribution in [0.3, 0.4) is 0 Å². The highest BCUT2D eigenvalue weighted by atomic mass is 32.2. The van der Waals surface area contributed by atoms with Crippen molar-refractivity contribution < 1.29 is 22.7 Å². The molecule has 0 saturated carbocycles. The Morgan fingerprint density at radius 1 is 1.16 bits per heavy atom. The van der Waals surface area contributed by atoms with Gasteiger partial charge in [-0.3, -0.25) is 9.52 Å². The predicted molar refractivity (Wildman–Crippen MR) is 95.8 cm³/mol. The number of hydrogen-bond donors (Lipinski definition) is 2. The van der Waals surface area contributed by atoms with Gasteiger partial charge in [-0.15, -0.1) is 11.3 Å². The molecule has 25 heavy (non-hydrogen) atoms. The number of carboxylic acids is 1. The van der Waals surface area contributed by atoms with Crippen LogP contribution in [0.25, 0.3) is 10.1 Å². The molecule has 0 atom stereocenters. The van der Waals surface area contributed by atoms with Crippen LogP contribution in [0.4, 0.5) is 10.1 Å². The third kappa shape index (κ3) is 4.34. The lowest BCUT2D eigenvalue weighted by Gasteiger charge is -2.12. The number of fused-ring (bicyclic) bond motifs is 1. The summed E-state index contributed by atoms with van der Waals surface area (Å²) >= 11 is 1.57. The normalized spacial score (nSPS) is 11.6. The van der Waals surface area contributed by atoms with Gasteiger partial charge in [-0.2, -0.15) is 0 Å². The maximum absolute atomic E-state index is 13.3. The summed E-state index contributed by atoms with van der Waals surface area (Å²) in [6.45, 7) is 0. The van der Waals surface area contributed by atoms with Crippen molar-refractivity contribution in [1.29, 1.82) is 0 Å². The van der Waals surface area contributed by atoms with Crippen molar-refractivity contribution in [3.05, 3.63) is 64.8 Å². The molecule has 3 rings (SSSR count). The van der Waals surface area contributed by atoms with Gasteiger partial charge in [-0.1, -0.05) is 6.07 Å². The van der Waals surface area contributed by atoms with Crippen LogP contribution in [0.1, 0.15) is 11.1 Å². The molecule has 3 aromatic rings. The van der Waals surface area contributed by atoms with Crippen molar-refractivity contribution in [2.24, 2.45) is 0 Å². The van der Waals surface area contributed by atoms with Crippen molar-refractivity contribution in [2.75, 3.05) is 4.72 Å².